The first kappa shape index (κ1) is 23.4. The van der Waals surface area contributed by atoms with Gasteiger partial charge in [0.1, 0.15) is 29.4 Å². The topological polar surface area (TPSA) is 71.0 Å². The Morgan fingerprint density at radius 3 is 2.57 bits per heavy atom. The van der Waals surface area contributed by atoms with Gasteiger partial charge in [0.15, 0.2) is 5.76 Å². The zero-order chi connectivity index (χ0) is 25.4. The van der Waals surface area contributed by atoms with E-state index in [4.69, 9.17) is 18.6 Å². The fourth-order valence-corrected chi connectivity index (χ4v) is 5.25. The molecule has 0 aliphatic heterocycles. The minimum Gasteiger partial charge on any atom is -0.497 e. The Morgan fingerprint density at radius 2 is 1.81 bits per heavy atom. The van der Waals surface area contributed by atoms with Crippen LogP contribution in [0.15, 0.2) is 82.2 Å². The number of thioether (sulfide) groups is 1. The van der Waals surface area contributed by atoms with E-state index >= 15 is 0 Å². The summed E-state index contributed by atoms with van der Waals surface area (Å²) in [5.41, 5.74) is 4.62. The first-order valence-electron chi connectivity index (χ1n) is 11.5. The van der Waals surface area contributed by atoms with E-state index in [0.29, 0.717) is 34.6 Å². The third kappa shape index (κ3) is 4.63. The Morgan fingerprint density at radius 1 is 0.946 bits per heavy atom. The summed E-state index contributed by atoms with van der Waals surface area (Å²) < 4.78 is 24.8. The number of methoxy groups -OCH3 is 2. The molecule has 0 N–H and O–H groups in total. The molecule has 0 atom stereocenters. The molecule has 9 heteroatoms. The molecule has 0 saturated carbocycles. The van der Waals surface area contributed by atoms with Gasteiger partial charge >= 0.3 is 0 Å². The molecule has 0 aliphatic rings. The molecule has 7 nitrogen and oxygen atoms in total. The van der Waals surface area contributed by atoms with Crippen LogP contribution >= 0.6 is 23.1 Å². The van der Waals surface area contributed by atoms with Gasteiger partial charge in [-0.25, -0.2) is 9.50 Å². The Hall–Kier alpha value is -3.95. The van der Waals surface area contributed by atoms with Gasteiger partial charge in [0, 0.05) is 21.9 Å². The number of nitrogens with zero attached hydrogens (tertiary/aromatic N) is 3. The zero-order valence-corrected chi connectivity index (χ0v) is 22.1. The van der Waals surface area contributed by atoms with Crippen molar-refractivity contribution < 1.29 is 18.6 Å². The average Bonchev–Trinajstić information content (AvgIpc) is 3.65. The maximum Gasteiger partial charge on any atom is 0.294 e. The molecule has 0 saturated heterocycles. The highest BCUT2D eigenvalue weighted by atomic mass is 32.2. The summed E-state index contributed by atoms with van der Waals surface area (Å²) in [4.78, 5) is 6.62. The van der Waals surface area contributed by atoms with Crippen molar-refractivity contribution in [1.29, 1.82) is 0 Å². The largest absolute Gasteiger partial charge is 0.497 e. The molecular weight excluding hydrogens is 506 g/mol. The van der Waals surface area contributed by atoms with Gasteiger partial charge in [-0.15, -0.1) is 16.9 Å². The van der Waals surface area contributed by atoms with Crippen molar-refractivity contribution in [2.24, 2.45) is 0 Å². The minimum atomic E-state index is 0.360. The molecule has 6 aromatic rings. The quantitative estimate of drug-likeness (QED) is 0.193. The van der Waals surface area contributed by atoms with Crippen molar-refractivity contribution >= 4 is 39.0 Å². The maximum atomic E-state index is 6.24. The predicted molar refractivity (Wildman–Crippen MR) is 147 cm³/mol. The van der Waals surface area contributed by atoms with Crippen LogP contribution in [0.4, 0.5) is 0 Å². The van der Waals surface area contributed by atoms with Crippen molar-refractivity contribution in [3.8, 4) is 39.3 Å². The van der Waals surface area contributed by atoms with Crippen molar-refractivity contribution in [2.75, 3.05) is 20.5 Å². The maximum absolute atomic E-state index is 6.24. The van der Waals surface area contributed by atoms with Crippen molar-refractivity contribution in [2.45, 2.75) is 11.5 Å². The number of ether oxygens (including phenoxy) is 3. The number of hydrogen-bond acceptors (Lipinski definition) is 8. The van der Waals surface area contributed by atoms with Crippen LogP contribution in [0.3, 0.4) is 0 Å². The van der Waals surface area contributed by atoms with Gasteiger partial charge in [0.25, 0.3) is 5.19 Å². The smallest absolute Gasteiger partial charge is 0.294 e. The molecular formula is C28H23N3O4S2. The Labute approximate surface area is 221 Å². The Kier molecular flexibility index (Phi) is 6.23. The van der Waals surface area contributed by atoms with Crippen LogP contribution in [0.25, 0.3) is 38.5 Å². The Bertz CT molecular complexity index is 1670. The second kappa shape index (κ2) is 9.84. The molecule has 0 bridgehead atoms. The van der Waals surface area contributed by atoms with Crippen LogP contribution in [0, 0.1) is 0 Å². The van der Waals surface area contributed by atoms with Crippen LogP contribution in [-0.4, -0.2) is 35.1 Å². The van der Waals surface area contributed by atoms with Gasteiger partial charge in [-0.1, -0.05) is 24.3 Å². The van der Waals surface area contributed by atoms with Gasteiger partial charge in [0.05, 0.1) is 20.4 Å². The van der Waals surface area contributed by atoms with E-state index in [1.165, 1.54) is 16.2 Å². The normalized spacial score (nSPS) is 11.3. The van der Waals surface area contributed by atoms with Gasteiger partial charge < -0.3 is 18.6 Å². The lowest BCUT2D eigenvalue weighted by Crippen LogP contribution is -1.97. The molecule has 186 valence electrons. The predicted octanol–water partition coefficient (Wildman–Crippen LogP) is 7.19. The van der Waals surface area contributed by atoms with Crippen LogP contribution in [0.2, 0.25) is 0 Å². The van der Waals surface area contributed by atoms with Crippen molar-refractivity contribution in [1.82, 2.24) is 14.6 Å². The molecule has 0 spiro atoms. The summed E-state index contributed by atoms with van der Waals surface area (Å²) in [6, 6.07) is 22.5. The second-order valence-corrected chi connectivity index (χ2v) is 10.1. The third-order valence-electron chi connectivity index (χ3n) is 6.04. The zero-order valence-electron chi connectivity index (χ0n) is 20.4. The molecule has 0 amide bonds. The fourth-order valence-electron chi connectivity index (χ4n) is 4.14. The Balaban J connectivity index is 1.28. The summed E-state index contributed by atoms with van der Waals surface area (Å²) in [5.74, 6) is 2.14. The number of fused-ring (bicyclic) bond motifs is 2. The third-order valence-corrected chi connectivity index (χ3v) is 7.66. The lowest BCUT2D eigenvalue weighted by atomic mass is 10.1. The molecule has 3 heterocycles. The highest BCUT2D eigenvalue weighted by Gasteiger charge is 2.17. The average molecular weight is 530 g/mol. The molecule has 0 unspecified atom stereocenters. The molecule has 3 aromatic heterocycles. The first-order valence-corrected chi connectivity index (χ1v) is 13.6. The van der Waals surface area contributed by atoms with E-state index in [0.717, 1.165) is 32.8 Å². The molecule has 6 rings (SSSR count). The van der Waals surface area contributed by atoms with E-state index in [1.54, 1.807) is 30.5 Å². The van der Waals surface area contributed by atoms with Crippen molar-refractivity contribution in [3.63, 3.8) is 0 Å². The SMILES string of the molecule is COc1cc(COc2cccc(-c3ccc(SC)cc3)c2)c2cc(-c3cn4nc(OC)sc4n3)oc2c1. The molecule has 0 fully saturated rings. The summed E-state index contributed by atoms with van der Waals surface area (Å²) in [5, 5.41) is 5.85. The number of imidazole rings is 1. The van der Waals surface area contributed by atoms with Gasteiger partial charge in [-0.3, -0.25) is 0 Å². The van der Waals surface area contributed by atoms with E-state index in [-0.39, 0.29) is 0 Å². The van der Waals surface area contributed by atoms with Gasteiger partial charge in [-0.05, 0) is 65.1 Å². The van der Waals surface area contributed by atoms with E-state index in [9.17, 15) is 0 Å². The molecule has 0 aliphatic carbocycles. The monoisotopic (exact) mass is 529 g/mol. The minimum absolute atomic E-state index is 0.360. The van der Waals surface area contributed by atoms with Crippen LogP contribution in [-0.2, 0) is 6.61 Å². The number of furan rings is 1. The lowest BCUT2D eigenvalue weighted by Gasteiger charge is -2.10. The van der Waals surface area contributed by atoms with Crippen molar-refractivity contribution in [3.05, 3.63) is 78.5 Å². The molecule has 37 heavy (non-hydrogen) atoms. The number of hydrogen-bond donors (Lipinski definition) is 0. The molecule has 0 radical (unpaired) electrons. The standard InChI is InChI=1S/C28H23N3O4S2/c1-32-21-12-19(16-34-20-6-4-5-18(11-20)17-7-9-22(36-3)10-8-17)23-14-26(35-25(23)13-21)24-15-31-27(29-24)37-28(30-31)33-2/h4-15H,16H2,1-3H3. The highest BCUT2D eigenvalue weighted by molar-refractivity contribution is 7.98. The first-order chi connectivity index (χ1) is 18.1. The van der Waals surface area contributed by atoms with E-state index in [1.807, 2.05) is 36.5 Å². The lowest BCUT2D eigenvalue weighted by molar-refractivity contribution is 0.307. The van der Waals surface area contributed by atoms with Gasteiger partial charge in [0.2, 0.25) is 4.96 Å². The second-order valence-electron chi connectivity index (χ2n) is 8.28. The van der Waals surface area contributed by atoms with Crippen LogP contribution < -0.4 is 14.2 Å². The summed E-state index contributed by atoms with van der Waals surface area (Å²) in [6.45, 7) is 0.360. The number of rotatable bonds is 8. The van der Waals surface area contributed by atoms with Crippen LogP contribution in [0.5, 0.6) is 16.7 Å². The van der Waals surface area contributed by atoms with Gasteiger partial charge in [-0.2, -0.15) is 0 Å². The number of aromatic nitrogens is 3. The summed E-state index contributed by atoms with van der Waals surface area (Å²) >= 11 is 3.10. The highest BCUT2D eigenvalue weighted by Crippen LogP contribution is 2.35. The summed E-state index contributed by atoms with van der Waals surface area (Å²) in [7, 11) is 3.23. The summed E-state index contributed by atoms with van der Waals surface area (Å²) in [6.07, 6.45) is 3.91. The fraction of sp³-hybridized carbons (Fsp3) is 0.143. The number of benzene rings is 3. The van der Waals surface area contributed by atoms with E-state index in [2.05, 4.69) is 52.7 Å². The van der Waals surface area contributed by atoms with E-state index < -0.39 is 0 Å². The van der Waals surface area contributed by atoms with Crippen LogP contribution in [0.1, 0.15) is 5.56 Å². The molecule has 3 aromatic carbocycles.